The Hall–Kier alpha value is -0.610. The highest BCUT2D eigenvalue weighted by Crippen LogP contribution is 2.20. The normalized spacial score (nSPS) is 23.3. The van der Waals surface area contributed by atoms with Gasteiger partial charge in [-0.3, -0.25) is 9.69 Å². The molecule has 0 spiro atoms. The van der Waals surface area contributed by atoms with Crippen LogP contribution in [0.1, 0.15) is 26.7 Å². The number of hydrogen-bond acceptors (Lipinski definition) is 4. The van der Waals surface area contributed by atoms with E-state index in [0.717, 1.165) is 32.5 Å². The minimum Gasteiger partial charge on any atom is -0.465 e. The lowest BCUT2D eigenvalue weighted by Gasteiger charge is -2.24. The van der Waals surface area contributed by atoms with Crippen molar-refractivity contribution in [3.63, 3.8) is 0 Å². The van der Waals surface area contributed by atoms with Gasteiger partial charge in [-0.25, -0.2) is 0 Å². The van der Waals surface area contributed by atoms with Crippen LogP contribution in [0.15, 0.2) is 0 Å². The molecule has 0 aromatic carbocycles. The Morgan fingerprint density at radius 3 is 2.81 bits per heavy atom. The third kappa shape index (κ3) is 3.46. The molecule has 1 aliphatic heterocycles. The fourth-order valence-corrected chi connectivity index (χ4v) is 2.33. The van der Waals surface area contributed by atoms with Crippen LogP contribution >= 0.6 is 0 Å². The zero-order chi connectivity index (χ0) is 12.0. The van der Waals surface area contributed by atoms with Crippen LogP contribution in [-0.2, 0) is 14.3 Å². The van der Waals surface area contributed by atoms with E-state index in [0.29, 0.717) is 12.5 Å². The summed E-state index contributed by atoms with van der Waals surface area (Å²) in [4.78, 5) is 14.0. The number of ether oxygens (including phenoxy) is 2. The van der Waals surface area contributed by atoms with Gasteiger partial charge in [0, 0.05) is 13.7 Å². The SMILES string of the molecule is CCOC(=O)C(CC)N1CCC(COC)C1. The highest BCUT2D eigenvalue weighted by Gasteiger charge is 2.31. The van der Waals surface area contributed by atoms with Gasteiger partial charge >= 0.3 is 5.97 Å². The first-order valence-corrected chi connectivity index (χ1v) is 6.12. The van der Waals surface area contributed by atoms with Gasteiger partial charge in [0.15, 0.2) is 0 Å². The van der Waals surface area contributed by atoms with Crippen molar-refractivity contribution in [1.82, 2.24) is 4.90 Å². The number of esters is 1. The molecule has 2 atom stereocenters. The number of methoxy groups -OCH3 is 1. The van der Waals surface area contributed by atoms with E-state index in [2.05, 4.69) is 4.90 Å². The molecule has 0 radical (unpaired) electrons. The second kappa shape index (κ2) is 6.86. The van der Waals surface area contributed by atoms with Crippen molar-refractivity contribution in [1.29, 1.82) is 0 Å². The molecule has 1 rings (SSSR count). The van der Waals surface area contributed by atoms with Crippen LogP contribution in [0, 0.1) is 5.92 Å². The van der Waals surface area contributed by atoms with Crippen LogP contribution < -0.4 is 0 Å². The number of hydrogen-bond donors (Lipinski definition) is 0. The van der Waals surface area contributed by atoms with Crippen LogP contribution in [0.5, 0.6) is 0 Å². The van der Waals surface area contributed by atoms with E-state index in [4.69, 9.17) is 9.47 Å². The molecule has 4 nitrogen and oxygen atoms in total. The topological polar surface area (TPSA) is 38.8 Å². The third-order valence-corrected chi connectivity index (χ3v) is 3.11. The van der Waals surface area contributed by atoms with Gasteiger partial charge in [0.1, 0.15) is 6.04 Å². The summed E-state index contributed by atoms with van der Waals surface area (Å²) in [5, 5.41) is 0. The lowest BCUT2D eigenvalue weighted by atomic mass is 10.1. The molecular weight excluding hydrogens is 206 g/mol. The van der Waals surface area contributed by atoms with Gasteiger partial charge in [-0.1, -0.05) is 6.92 Å². The maximum absolute atomic E-state index is 11.7. The molecule has 94 valence electrons. The molecule has 0 amide bonds. The quantitative estimate of drug-likeness (QED) is 0.643. The van der Waals surface area contributed by atoms with Gasteiger partial charge in [-0.15, -0.1) is 0 Å². The molecule has 4 heteroatoms. The Bertz CT molecular complexity index is 220. The van der Waals surface area contributed by atoms with E-state index in [1.807, 2.05) is 13.8 Å². The molecule has 1 fully saturated rings. The molecule has 1 aliphatic rings. The van der Waals surface area contributed by atoms with Crippen molar-refractivity contribution < 1.29 is 14.3 Å². The summed E-state index contributed by atoms with van der Waals surface area (Å²) in [6, 6.07) is -0.0678. The first-order valence-electron chi connectivity index (χ1n) is 6.12. The monoisotopic (exact) mass is 229 g/mol. The summed E-state index contributed by atoms with van der Waals surface area (Å²) in [6.45, 7) is 7.06. The molecule has 0 aliphatic carbocycles. The summed E-state index contributed by atoms with van der Waals surface area (Å²) in [5.41, 5.74) is 0. The summed E-state index contributed by atoms with van der Waals surface area (Å²) in [7, 11) is 1.73. The summed E-state index contributed by atoms with van der Waals surface area (Å²) in [6.07, 6.45) is 1.93. The van der Waals surface area contributed by atoms with Crippen LogP contribution in [-0.4, -0.2) is 50.3 Å². The third-order valence-electron chi connectivity index (χ3n) is 3.11. The molecule has 16 heavy (non-hydrogen) atoms. The van der Waals surface area contributed by atoms with Crippen molar-refractivity contribution in [3.8, 4) is 0 Å². The first kappa shape index (κ1) is 13.5. The van der Waals surface area contributed by atoms with Crippen LogP contribution in [0.2, 0.25) is 0 Å². The van der Waals surface area contributed by atoms with E-state index in [1.54, 1.807) is 7.11 Å². The first-order chi connectivity index (χ1) is 7.72. The Kier molecular flexibility index (Phi) is 5.77. The van der Waals surface area contributed by atoms with Gasteiger partial charge in [0.05, 0.1) is 13.2 Å². The molecule has 0 N–H and O–H groups in total. The van der Waals surface area contributed by atoms with Crippen molar-refractivity contribution in [2.45, 2.75) is 32.7 Å². The number of nitrogens with zero attached hydrogens (tertiary/aromatic N) is 1. The largest absolute Gasteiger partial charge is 0.465 e. The summed E-state index contributed by atoms with van der Waals surface area (Å²) < 4.78 is 10.2. The predicted molar refractivity (Wildman–Crippen MR) is 62.3 cm³/mol. The minimum absolute atomic E-state index is 0.0678. The van der Waals surface area contributed by atoms with Crippen LogP contribution in [0.3, 0.4) is 0 Å². The molecule has 1 heterocycles. The second-order valence-electron chi connectivity index (χ2n) is 4.28. The fourth-order valence-electron chi connectivity index (χ4n) is 2.33. The summed E-state index contributed by atoms with van der Waals surface area (Å²) >= 11 is 0. The lowest BCUT2D eigenvalue weighted by Crippen LogP contribution is -2.40. The summed E-state index contributed by atoms with van der Waals surface area (Å²) in [5.74, 6) is 0.483. The number of rotatable bonds is 6. The van der Waals surface area contributed by atoms with E-state index in [9.17, 15) is 4.79 Å². The Labute approximate surface area is 97.9 Å². The average Bonchev–Trinajstić information content (AvgIpc) is 2.68. The van der Waals surface area contributed by atoms with Gasteiger partial charge in [-0.2, -0.15) is 0 Å². The maximum Gasteiger partial charge on any atom is 0.323 e. The zero-order valence-corrected chi connectivity index (χ0v) is 10.6. The Morgan fingerprint density at radius 2 is 2.25 bits per heavy atom. The fraction of sp³-hybridized carbons (Fsp3) is 0.917. The number of carbonyl (C=O) groups is 1. The molecule has 2 unspecified atom stereocenters. The molecule has 0 aromatic heterocycles. The highest BCUT2D eigenvalue weighted by atomic mass is 16.5. The van der Waals surface area contributed by atoms with Crippen molar-refractivity contribution in [3.05, 3.63) is 0 Å². The Morgan fingerprint density at radius 1 is 1.50 bits per heavy atom. The molecule has 0 aromatic rings. The van der Waals surface area contributed by atoms with Gasteiger partial charge in [0.2, 0.25) is 0 Å². The van der Waals surface area contributed by atoms with Crippen LogP contribution in [0.25, 0.3) is 0 Å². The van der Waals surface area contributed by atoms with Gasteiger partial charge < -0.3 is 9.47 Å². The average molecular weight is 229 g/mol. The van der Waals surface area contributed by atoms with Crippen LogP contribution in [0.4, 0.5) is 0 Å². The van der Waals surface area contributed by atoms with Gasteiger partial charge in [-0.05, 0) is 32.2 Å². The highest BCUT2D eigenvalue weighted by molar-refractivity contribution is 5.75. The number of carbonyl (C=O) groups excluding carboxylic acids is 1. The van der Waals surface area contributed by atoms with E-state index in [-0.39, 0.29) is 12.0 Å². The van der Waals surface area contributed by atoms with Crippen molar-refractivity contribution in [2.24, 2.45) is 5.92 Å². The Balaban J connectivity index is 2.45. The van der Waals surface area contributed by atoms with Crippen molar-refractivity contribution >= 4 is 5.97 Å². The zero-order valence-electron chi connectivity index (χ0n) is 10.6. The number of likely N-dealkylation sites (tertiary alicyclic amines) is 1. The van der Waals surface area contributed by atoms with E-state index in [1.165, 1.54) is 0 Å². The standard InChI is InChI=1S/C12H23NO3/c1-4-11(12(14)16-5-2)13-7-6-10(8-13)9-15-3/h10-11H,4-9H2,1-3H3. The lowest BCUT2D eigenvalue weighted by molar-refractivity contribution is -0.149. The minimum atomic E-state index is -0.0805. The van der Waals surface area contributed by atoms with E-state index < -0.39 is 0 Å². The molecule has 1 saturated heterocycles. The predicted octanol–water partition coefficient (Wildman–Crippen LogP) is 1.30. The molecule has 0 bridgehead atoms. The smallest absolute Gasteiger partial charge is 0.323 e. The molecule has 0 saturated carbocycles. The maximum atomic E-state index is 11.7. The second-order valence-corrected chi connectivity index (χ2v) is 4.28. The van der Waals surface area contributed by atoms with Gasteiger partial charge in [0.25, 0.3) is 0 Å². The van der Waals surface area contributed by atoms with E-state index >= 15 is 0 Å². The van der Waals surface area contributed by atoms with Crippen molar-refractivity contribution in [2.75, 3.05) is 33.4 Å². The molecular formula is C12H23NO3.